The third kappa shape index (κ3) is 4.29. The number of halogens is 2. The maximum Gasteiger partial charge on any atom is 0.241 e. The highest BCUT2D eigenvalue weighted by Gasteiger charge is 2.21. The summed E-state index contributed by atoms with van der Waals surface area (Å²) < 4.78 is 1.76. The van der Waals surface area contributed by atoms with Crippen LogP contribution in [-0.4, -0.2) is 33.7 Å². The monoisotopic (exact) mass is 368 g/mol. The zero-order valence-corrected chi connectivity index (χ0v) is 16.0. The lowest BCUT2D eigenvalue weighted by atomic mass is 10.2. The summed E-state index contributed by atoms with van der Waals surface area (Å²) in [7, 11) is 3.75. The Morgan fingerprint density at radius 3 is 2.38 bits per heavy atom. The second kappa shape index (κ2) is 7.55. The van der Waals surface area contributed by atoms with Crippen LogP contribution in [0.5, 0.6) is 0 Å². The summed E-state index contributed by atoms with van der Waals surface area (Å²) in [5.74, 6) is -0.0789. The third-order valence-corrected chi connectivity index (χ3v) is 4.59. The maximum absolute atomic E-state index is 12.5. The molecule has 1 unspecified atom stereocenters. The van der Waals surface area contributed by atoms with Crippen LogP contribution in [0, 0.1) is 13.8 Å². The van der Waals surface area contributed by atoms with E-state index in [9.17, 15) is 4.79 Å². The molecule has 2 rings (SSSR count). The number of carbonyl (C=O) groups excluding carboxylic acids is 1. The van der Waals surface area contributed by atoms with Gasteiger partial charge in [0.1, 0.15) is 0 Å². The molecule has 7 heteroatoms. The summed E-state index contributed by atoms with van der Waals surface area (Å²) in [5.41, 5.74) is 3.47. The smallest absolute Gasteiger partial charge is 0.241 e. The molecule has 5 nitrogen and oxygen atoms in total. The summed E-state index contributed by atoms with van der Waals surface area (Å²) in [6, 6.07) is 5.08. The molecule has 0 aliphatic heterocycles. The number of nitrogens with zero attached hydrogens (tertiary/aromatic N) is 3. The predicted molar refractivity (Wildman–Crippen MR) is 98.7 cm³/mol. The van der Waals surface area contributed by atoms with Gasteiger partial charge in [0.25, 0.3) is 0 Å². The molecular weight excluding hydrogens is 347 g/mol. The number of likely N-dealkylation sites (N-methyl/N-ethyl adjacent to an activating group) is 1. The Hall–Kier alpha value is -1.56. The SMILES string of the molecule is Cc1nn(C)c(C)c1NC(=O)C(C)N(C)Cc1cc(Cl)cc(Cl)c1. The van der Waals surface area contributed by atoms with E-state index >= 15 is 0 Å². The van der Waals surface area contributed by atoms with E-state index in [-0.39, 0.29) is 11.9 Å². The van der Waals surface area contributed by atoms with Crippen LogP contribution in [0.3, 0.4) is 0 Å². The number of carbonyl (C=O) groups is 1. The molecule has 0 saturated heterocycles. The lowest BCUT2D eigenvalue weighted by Gasteiger charge is -2.24. The zero-order valence-electron chi connectivity index (χ0n) is 14.5. The van der Waals surface area contributed by atoms with Gasteiger partial charge in [0.15, 0.2) is 0 Å². The standard InChI is InChI=1S/C17H22Cl2N4O/c1-10-16(11(2)23(5)21-10)20-17(24)12(3)22(4)9-13-6-14(18)8-15(19)7-13/h6-8,12H,9H2,1-5H3,(H,20,24). The first-order valence-corrected chi connectivity index (χ1v) is 8.41. The fraction of sp³-hybridized carbons (Fsp3) is 0.412. The van der Waals surface area contributed by atoms with Crippen molar-refractivity contribution >= 4 is 34.8 Å². The third-order valence-electron chi connectivity index (χ3n) is 4.15. The van der Waals surface area contributed by atoms with Crippen molar-refractivity contribution in [2.24, 2.45) is 7.05 Å². The molecule has 2 aromatic rings. The molecule has 1 heterocycles. The van der Waals surface area contributed by atoms with Crippen LogP contribution in [0.1, 0.15) is 23.9 Å². The minimum Gasteiger partial charge on any atom is -0.322 e. The average molecular weight is 369 g/mol. The molecule has 1 aromatic heterocycles. The van der Waals surface area contributed by atoms with Crippen molar-refractivity contribution < 1.29 is 4.79 Å². The van der Waals surface area contributed by atoms with E-state index < -0.39 is 0 Å². The summed E-state index contributed by atoms with van der Waals surface area (Å²) in [5, 5.41) is 8.46. The molecule has 0 aliphatic carbocycles. The summed E-state index contributed by atoms with van der Waals surface area (Å²) >= 11 is 12.1. The largest absolute Gasteiger partial charge is 0.322 e. The molecule has 1 N–H and O–H groups in total. The maximum atomic E-state index is 12.5. The Kier molecular flexibility index (Phi) is 5.91. The molecule has 130 valence electrons. The topological polar surface area (TPSA) is 50.2 Å². The van der Waals surface area contributed by atoms with E-state index in [4.69, 9.17) is 23.2 Å². The van der Waals surface area contributed by atoms with Crippen LogP contribution in [0.4, 0.5) is 5.69 Å². The van der Waals surface area contributed by atoms with E-state index in [0.29, 0.717) is 16.6 Å². The first-order valence-electron chi connectivity index (χ1n) is 7.65. The number of aryl methyl sites for hydroxylation is 2. The van der Waals surface area contributed by atoms with Crippen LogP contribution >= 0.6 is 23.2 Å². The number of amides is 1. The molecule has 1 atom stereocenters. The van der Waals surface area contributed by atoms with Crippen molar-refractivity contribution in [3.8, 4) is 0 Å². The van der Waals surface area contributed by atoms with Gasteiger partial charge in [-0.25, -0.2) is 0 Å². The van der Waals surface area contributed by atoms with E-state index in [1.807, 2.05) is 51.9 Å². The molecule has 24 heavy (non-hydrogen) atoms. The molecule has 0 bridgehead atoms. The van der Waals surface area contributed by atoms with Crippen LogP contribution in [0.15, 0.2) is 18.2 Å². The second-order valence-corrected chi connectivity index (χ2v) is 6.90. The summed E-state index contributed by atoms with van der Waals surface area (Å²) in [4.78, 5) is 14.5. The zero-order chi connectivity index (χ0) is 18.0. The fourth-order valence-electron chi connectivity index (χ4n) is 2.51. The molecule has 1 aromatic carbocycles. The van der Waals surface area contributed by atoms with Crippen molar-refractivity contribution in [1.29, 1.82) is 0 Å². The van der Waals surface area contributed by atoms with Crippen LogP contribution in [-0.2, 0) is 18.4 Å². The van der Waals surface area contributed by atoms with Gasteiger partial charge in [0.2, 0.25) is 5.91 Å². The molecule has 0 saturated carbocycles. The van der Waals surface area contributed by atoms with Gasteiger partial charge in [-0.05, 0) is 51.6 Å². The van der Waals surface area contributed by atoms with Gasteiger partial charge in [0.05, 0.1) is 23.1 Å². The summed E-state index contributed by atoms with van der Waals surface area (Å²) in [6.07, 6.45) is 0. The minimum absolute atomic E-state index is 0.0789. The van der Waals surface area contributed by atoms with E-state index in [1.54, 1.807) is 10.7 Å². The second-order valence-electron chi connectivity index (χ2n) is 6.03. The van der Waals surface area contributed by atoms with E-state index in [2.05, 4.69) is 10.4 Å². The van der Waals surface area contributed by atoms with Gasteiger partial charge in [-0.1, -0.05) is 23.2 Å². The number of hydrogen-bond acceptors (Lipinski definition) is 3. The molecule has 0 spiro atoms. The van der Waals surface area contributed by atoms with E-state index in [0.717, 1.165) is 22.6 Å². The number of anilines is 1. The Morgan fingerprint density at radius 2 is 1.88 bits per heavy atom. The van der Waals surface area contributed by atoms with Gasteiger partial charge in [-0.15, -0.1) is 0 Å². The minimum atomic E-state index is -0.318. The van der Waals surface area contributed by atoms with Crippen LogP contribution in [0.2, 0.25) is 10.0 Å². The lowest BCUT2D eigenvalue weighted by molar-refractivity contribution is -0.120. The van der Waals surface area contributed by atoms with Gasteiger partial charge in [-0.3, -0.25) is 14.4 Å². The number of benzene rings is 1. The molecule has 1 amide bonds. The Balaban J connectivity index is 2.06. The normalized spacial score (nSPS) is 12.5. The summed E-state index contributed by atoms with van der Waals surface area (Å²) in [6.45, 7) is 6.24. The Bertz CT molecular complexity index is 737. The number of rotatable bonds is 5. The molecule has 0 radical (unpaired) electrons. The predicted octanol–water partition coefficient (Wildman–Crippen LogP) is 3.80. The van der Waals surface area contributed by atoms with Crippen LogP contribution < -0.4 is 5.32 Å². The van der Waals surface area contributed by atoms with Crippen molar-refractivity contribution in [2.75, 3.05) is 12.4 Å². The fourth-order valence-corrected chi connectivity index (χ4v) is 3.08. The van der Waals surface area contributed by atoms with E-state index in [1.165, 1.54) is 0 Å². The Labute approximate surface area is 152 Å². The van der Waals surface area contributed by atoms with Gasteiger partial charge < -0.3 is 5.32 Å². The first-order chi connectivity index (χ1) is 11.2. The Morgan fingerprint density at radius 1 is 1.29 bits per heavy atom. The van der Waals surface area contributed by atoms with Crippen molar-refractivity contribution in [3.63, 3.8) is 0 Å². The molecule has 0 aliphatic rings. The highest BCUT2D eigenvalue weighted by Crippen LogP contribution is 2.21. The lowest BCUT2D eigenvalue weighted by Crippen LogP contribution is -2.39. The quantitative estimate of drug-likeness (QED) is 0.872. The van der Waals surface area contributed by atoms with Gasteiger partial charge in [0, 0.05) is 23.6 Å². The van der Waals surface area contributed by atoms with Gasteiger partial charge in [-0.2, -0.15) is 5.10 Å². The van der Waals surface area contributed by atoms with Crippen molar-refractivity contribution in [1.82, 2.24) is 14.7 Å². The van der Waals surface area contributed by atoms with Gasteiger partial charge >= 0.3 is 0 Å². The number of aromatic nitrogens is 2. The highest BCUT2D eigenvalue weighted by molar-refractivity contribution is 6.34. The van der Waals surface area contributed by atoms with Crippen molar-refractivity contribution in [2.45, 2.75) is 33.4 Å². The van der Waals surface area contributed by atoms with Crippen LogP contribution in [0.25, 0.3) is 0 Å². The highest BCUT2D eigenvalue weighted by atomic mass is 35.5. The first kappa shape index (κ1) is 18.8. The number of nitrogens with one attached hydrogen (secondary N) is 1. The number of hydrogen-bond donors (Lipinski definition) is 1. The van der Waals surface area contributed by atoms with Crippen molar-refractivity contribution in [3.05, 3.63) is 45.2 Å². The molecular formula is C17H22Cl2N4O. The average Bonchev–Trinajstić information content (AvgIpc) is 2.71. The molecule has 0 fully saturated rings.